The Hall–Kier alpha value is -1.92. The number of likely N-dealkylation sites (N-methyl/N-ethyl adjacent to an activating group) is 1. The Balaban J connectivity index is 1.69. The molecule has 6 heteroatoms. The number of amides is 1. The van der Waals surface area contributed by atoms with E-state index in [1.807, 2.05) is 49.2 Å². The van der Waals surface area contributed by atoms with Gasteiger partial charge in [0, 0.05) is 17.2 Å². The first kappa shape index (κ1) is 17.4. The van der Waals surface area contributed by atoms with Gasteiger partial charge in [-0.2, -0.15) is 0 Å². The molecule has 0 aliphatic heterocycles. The topological polar surface area (TPSA) is 54.5 Å². The molecule has 0 aliphatic carbocycles. The highest BCUT2D eigenvalue weighted by Gasteiger charge is 2.07. The van der Waals surface area contributed by atoms with Crippen LogP contribution >= 0.6 is 15.9 Å². The van der Waals surface area contributed by atoms with E-state index in [4.69, 9.17) is 4.74 Å². The van der Waals surface area contributed by atoms with Crippen molar-refractivity contribution in [1.82, 2.24) is 9.88 Å². The predicted molar refractivity (Wildman–Crippen MR) is 94.7 cm³/mol. The zero-order valence-electron chi connectivity index (χ0n) is 13.3. The number of rotatable bonds is 7. The molecule has 1 aromatic carbocycles. The van der Waals surface area contributed by atoms with Crippen LogP contribution in [-0.4, -0.2) is 42.5 Å². The summed E-state index contributed by atoms with van der Waals surface area (Å²) in [5.74, 6) is 1.29. The SMILES string of the molecule is Cc1ccc(NC(=O)CN(C)CCOc2ccc(Br)cc2)nc1. The molecule has 23 heavy (non-hydrogen) atoms. The Morgan fingerprint density at radius 2 is 2.00 bits per heavy atom. The molecular formula is C17H20BrN3O2. The summed E-state index contributed by atoms with van der Waals surface area (Å²) in [5, 5.41) is 2.78. The van der Waals surface area contributed by atoms with Crippen molar-refractivity contribution in [3.63, 3.8) is 0 Å². The van der Waals surface area contributed by atoms with E-state index >= 15 is 0 Å². The highest BCUT2D eigenvalue weighted by Crippen LogP contribution is 2.15. The normalized spacial score (nSPS) is 10.6. The molecule has 0 saturated carbocycles. The zero-order chi connectivity index (χ0) is 16.7. The fourth-order valence-corrected chi connectivity index (χ4v) is 2.16. The van der Waals surface area contributed by atoms with E-state index in [0.29, 0.717) is 25.5 Å². The van der Waals surface area contributed by atoms with Gasteiger partial charge in [-0.25, -0.2) is 4.98 Å². The third-order valence-corrected chi connectivity index (χ3v) is 3.68. The number of hydrogen-bond acceptors (Lipinski definition) is 4. The van der Waals surface area contributed by atoms with E-state index in [1.165, 1.54) is 0 Å². The molecule has 2 aromatic rings. The predicted octanol–water partition coefficient (Wildman–Crippen LogP) is 3.10. The van der Waals surface area contributed by atoms with E-state index in [9.17, 15) is 4.79 Å². The molecule has 0 unspecified atom stereocenters. The second-order valence-electron chi connectivity index (χ2n) is 5.31. The molecule has 0 bridgehead atoms. The van der Waals surface area contributed by atoms with Crippen molar-refractivity contribution in [2.24, 2.45) is 0 Å². The van der Waals surface area contributed by atoms with Crippen LogP contribution in [0, 0.1) is 6.92 Å². The molecule has 2 rings (SSSR count). The number of anilines is 1. The third-order valence-electron chi connectivity index (χ3n) is 3.15. The number of ether oxygens (including phenoxy) is 1. The van der Waals surface area contributed by atoms with E-state index < -0.39 is 0 Å². The number of nitrogens with zero attached hydrogens (tertiary/aromatic N) is 2. The van der Waals surface area contributed by atoms with Gasteiger partial charge in [0.25, 0.3) is 0 Å². The van der Waals surface area contributed by atoms with Crippen LogP contribution in [0.1, 0.15) is 5.56 Å². The third kappa shape index (κ3) is 6.38. The van der Waals surface area contributed by atoms with Gasteiger partial charge in [0.2, 0.25) is 5.91 Å². The molecular weight excluding hydrogens is 358 g/mol. The van der Waals surface area contributed by atoms with Crippen molar-refractivity contribution in [2.45, 2.75) is 6.92 Å². The number of nitrogens with one attached hydrogen (secondary N) is 1. The Bertz CT molecular complexity index is 629. The van der Waals surface area contributed by atoms with Crippen LogP contribution < -0.4 is 10.1 Å². The molecule has 0 aliphatic rings. The van der Waals surface area contributed by atoms with Crippen LogP contribution in [0.25, 0.3) is 0 Å². The molecule has 0 saturated heterocycles. The summed E-state index contributed by atoms with van der Waals surface area (Å²) >= 11 is 3.38. The van der Waals surface area contributed by atoms with Crippen LogP contribution in [0.4, 0.5) is 5.82 Å². The van der Waals surface area contributed by atoms with Crippen molar-refractivity contribution in [2.75, 3.05) is 32.1 Å². The lowest BCUT2D eigenvalue weighted by atomic mass is 10.3. The summed E-state index contributed by atoms with van der Waals surface area (Å²) in [7, 11) is 1.88. The average Bonchev–Trinajstić information content (AvgIpc) is 2.51. The fraction of sp³-hybridized carbons (Fsp3) is 0.294. The number of halogens is 1. The highest BCUT2D eigenvalue weighted by molar-refractivity contribution is 9.10. The maximum atomic E-state index is 11.9. The number of aromatic nitrogens is 1. The maximum absolute atomic E-state index is 11.9. The Morgan fingerprint density at radius 3 is 2.65 bits per heavy atom. The summed E-state index contributed by atoms with van der Waals surface area (Å²) in [4.78, 5) is 18.0. The van der Waals surface area contributed by atoms with Crippen molar-refractivity contribution in [1.29, 1.82) is 0 Å². The quantitative estimate of drug-likeness (QED) is 0.805. The summed E-state index contributed by atoms with van der Waals surface area (Å²) < 4.78 is 6.66. The number of hydrogen-bond donors (Lipinski definition) is 1. The Kier molecular flexibility index (Phi) is 6.55. The lowest BCUT2D eigenvalue weighted by Gasteiger charge is -2.16. The molecule has 0 atom stereocenters. The average molecular weight is 378 g/mol. The van der Waals surface area contributed by atoms with Crippen molar-refractivity contribution >= 4 is 27.7 Å². The smallest absolute Gasteiger partial charge is 0.239 e. The summed E-state index contributed by atoms with van der Waals surface area (Å²) in [5.41, 5.74) is 1.06. The van der Waals surface area contributed by atoms with E-state index in [-0.39, 0.29) is 5.91 Å². The van der Waals surface area contributed by atoms with Gasteiger partial charge in [0.15, 0.2) is 0 Å². The second-order valence-corrected chi connectivity index (χ2v) is 6.22. The lowest BCUT2D eigenvalue weighted by Crippen LogP contribution is -2.33. The molecule has 0 spiro atoms. The van der Waals surface area contributed by atoms with Crippen LogP contribution in [-0.2, 0) is 4.79 Å². The van der Waals surface area contributed by atoms with Crippen LogP contribution in [0.2, 0.25) is 0 Å². The number of carbonyl (C=O) groups excluding carboxylic acids is 1. The first-order valence-corrected chi connectivity index (χ1v) is 8.11. The zero-order valence-corrected chi connectivity index (χ0v) is 14.8. The minimum atomic E-state index is -0.0903. The molecule has 1 amide bonds. The standard InChI is InChI=1S/C17H20BrN3O2/c1-13-3-8-16(19-11-13)20-17(22)12-21(2)9-10-23-15-6-4-14(18)5-7-15/h3-8,11H,9-10,12H2,1-2H3,(H,19,20,22). The Labute approximate surface area is 144 Å². The second kappa shape index (κ2) is 8.64. The number of benzene rings is 1. The molecule has 5 nitrogen and oxygen atoms in total. The van der Waals surface area contributed by atoms with Gasteiger partial charge in [-0.3, -0.25) is 9.69 Å². The van der Waals surface area contributed by atoms with Gasteiger partial charge in [-0.15, -0.1) is 0 Å². The minimum Gasteiger partial charge on any atom is -0.492 e. The van der Waals surface area contributed by atoms with Crippen LogP contribution in [0.5, 0.6) is 5.75 Å². The highest BCUT2D eigenvalue weighted by atomic mass is 79.9. The van der Waals surface area contributed by atoms with E-state index in [2.05, 4.69) is 26.2 Å². The van der Waals surface area contributed by atoms with Crippen LogP contribution in [0.15, 0.2) is 47.1 Å². The molecule has 1 aromatic heterocycles. The Morgan fingerprint density at radius 1 is 1.26 bits per heavy atom. The van der Waals surface area contributed by atoms with Gasteiger partial charge < -0.3 is 10.1 Å². The summed E-state index contributed by atoms with van der Waals surface area (Å²) in [6.07, 6.45) is 1.73. The summed E-state index contributed by atoms with van der Waals surface area (Å²) in [6, 6.07) is 11.4. The largest absolute Gasteiger partial charge is 0.492 e. The first-order chi connectivity index (χ1) is 11.0. The maximum Gasteiger partial charge on any atom is 0.239 e. The van der Waals surface area contributed by atoms with Crippen LogP contribution in [0.3, 0.4) is 0 Å². The number of aryl methyl sites for hydroxylation is 1. The van der Waals surface area contributed by atoms with Gasteiger partial charge >= 0.3 is 0 Å². The van der Waals surface area contributed by atoms with Gasteiger partial charge in [-0.1, -0.05) is 22.0 Å². The molecule has 1 heterocycles. The number of pyridine rings is 1. The van der Waals surface area contributed by atoms with Crippen molar-refractivity contribution in [3.05, 3.63) is 52.6 Å². The van der Waals surface area contributed by atoms with Gasteiger partial charge in [-0.05, 0) is 49.9 Å². The van der Waals surface area contributed by atoms with E-state index in [0.717, 1.165) is 15.8 Å². The molecule has 1 N–H and O–H groups in total. The van der Waals surface area contributed by atoms with E-state index in [1.54, 1.807) is 12.3 Å². The molecule has 0 radical (unpaired) electrons. The summed E-state index contributed by atoms with van der Waals surface area (Å²) in [6.45, 7) is 3.43. The fourth-order valence-electron chi connectivity index (χ4n) is 1.90. The van der Waals surface area contributed by atoms with Crippen molar-refractivity contribution in [3.8, 4) is 5.75 Å². The van der Waals surface area contributed by atoms with Gasteiger partial charge in [0.05, 0.1) is 6.54 Å². The van der Waals surface area contributed by atoms with Crippen molar-refractivity contribution < 1.29 is 9.53 Å². The monoisotopic (exact) mass is 377 g/mol. The minimum absolute atomic E-state index is 0.0903. The number of carbonyl (C=O) groups is 1. The van der Waals surface area contributed by atoms with Gasteiger partial charge in [0.1, 0.15) is 18.2 Å². The molecule has 0 fully saturated rings. The lowest BCUT2D eigenvalue weighted by molar-refractivity contribution is -0.117. The molecule has 122 valence electrons. The first-order valence-electron chi connectivity index (χ1n) is 7.32.